The maximum absolute atomic E-state index is 12.3. The second-order valence-electron chi connectivity index (χ2n) is 6.02. The van der Waals surface area contributed by atoms with Gasteiger partial charge in [0.15, 0.2) is 0 Å². The second kappa shape index (κ2) is 5.64. The number of halogens is 1. The van der Waals surface area contributed by atoms with Crippen molar-refractivity contribution < 1.29 is 9.53 Å². The molecule has 3 unspecified atom stereocenters. The van der Waals surface area contributed by atoms with Gasteiger partial charge in [0.25, 0.3) is 0 Å². The van der Waals surface area contributed by atoms with Crippen molar-refractivity contribution in [3.63, 3.8) is 0 Å². The van der Waals surface area contributed by atoms with Crippen molar-refractivity contribution in [3.8, 4) is 0 Å². The maximum Gasteiger partial charge on any atom is 0.309 e. The zero-order valence-corrected chi connectivity index (χ0v) is 13.7. The van der Waals surface area contributed by atoms with Crippen molar-refractivity contribution in [2.75, 3.05) is 7.11 Å². The van der Waals surface area contributed by atoms with Crippen LogP contribution in [0.25, 0.3) is 0 Å². The summed E-state index contributed by atoms with van der Waals surface area (Å²) >= 11 is 2.31. The van der Waals surface area contributed by atoms with Gasteiger partial charge < -0.3 is 10.5 Å². The van der Waals surface area contributed by atoms with Crippen LogP contribution in [0.1, 0.15) is 30.7 Å². The van der Waals surface area contributed by atoms with Gasteiger partial charge in [-0.25, -0.2) is 0 Å². The Morgan fingerprint density at radius 1 is 1.30 bits per heavy atom. The molecule has 108 valence electrons. The number of nitrogens with two attached hydrogens (primary N) is 1. The average Bonchev–Trinajstić information content (AvgIpc) is 2.70. The van der Waals surface area contributed by atoms with Gasteiger partial charge in [0.1, 0.15) is 0 Å². The van der Waals surface area contributed by atoms with E-state index in [1.165, 1.54) is 16.2 Å². The highest BCUT2D eigenvalue weighted by atomic mass is 127. The minimum atomic E-state index is -0.0886. The van der Waals surface area contributed by atoms with E-state index in [1.54, 1.807) is 0 Å². The van der Waals surface area contributed by atoms with Gasteiger partial charge in [-0.3, -0.25) is 4.79 Å². The van der Waals surface area contributed by atoms with Gasteiger partial charge in [0, 0.05) is 9.61 Å². The number of carbonyl (C=O) groups is 1. The third-order valence-electron chi connectivity index (χ3n) is 5.13. The standard InChI is InChI=1S/C16H20INO2/c1-20-16(19)14-12-7-4-10(15(12)18)8-13(14)9-2-5-11(17)6-3-9/h2-3,5-6,10,12-15H,4,7-8,18H2,1H3/t10-,12?,13-,14?,15?/m1/s1. The number of hydrogen-bond donors (Lipinski definition) is 1. The van der Waals surface area contributed by atoms with E-state index in [0.29, 0.717) is 5.92 Å². The molecule has 0 heterocycles. The van der Waals surface area contributed by atoms with Gasteiger partial charge in [-0.15, -0.1) is 0 Å². The SMILES string of the molecule is COC(=O)C1C2CC[C@H](C[C@@H]1c1ccc(I)cc1)C2N. The first kappa shape index (κ1) is 14.3. The Kier molecular flexibility index (Phi) is 4.04. The molecule has 0 amide bonds. The van der Waals surface area contributed by atoms with Gasteiger partial charge >= 0.3 is 5.97 Å². The molecule has 0 radical (unpaired) electrons. The van der Waals surface area contributed by atoms with Gasteiger partial charge in [0.2, 0.25) is 0 Å². The van der Waals surface area contributed by atoms with Crippen LogP contribution >= 0.6 is 22.6 Å². The van der Waals surface area contributed by atoms with Gasteiger partial charge in [0.05, 0.1) is 13.0 Å². The number of hydrogen-bond acceptors (Lipinski definition) is 3. The van der Waals surface area contributed by atoms with Crippen LogP contribution in [0, 0.1) is 21.3 Å². The summed E-state index contributed by atoms with van der Waals surface area (Å²) in [5, 5.41) is 0. The largest absolute Gasteiger partial charge is 0.469 e. The molecule has 2 bridgehead atoms. The molecule has 0 aromatic heterocycles. The molecule has 0 aliphatic heterocycles. The van der Waals surface area contributed by atoms with Crippen molar-refractivity contribution >= 4 is 28.6 Å². The van der Waals surface area contributed by atoms with E-state index in [9.17, 15) is 4.79 Å². The highest BCUT2D eigenvalue weighted by molar-refractivity contribution is 14.1. The van der Waals surface area contributed by atoms with Gasteiger partial charge in [-0.05, 0) is 77.3 Å². The Labute approximate surface area is 133 Å². The van der Waals surface area contributed by atoms with E-state index < -0.39 is 0 Å². The lowest BCUT2D eigenvalue weighted by Gasteiger charge is -2.39. The van der Waals surface area contributed by atoms with Crippen LogP contribution in [0.2, 0.25) is 0 Å². The lowest BCUT2D eigenvalue weighted by molar-refractivity contribution is -0.149. The molecule has 1 aromatic rings. The Hall–Kier alpha value is -0.620. The van der Waals surface area contributed by atoms with Crippen molar-refractivity contribution in [1.29, 1.82) is 0 Å². The van der Waals surface area contributed by atoms with Crippen LogP contribution in [-0.2, 0) is 9.53 Å². The van der Waals surface area contributed by atoms with Gasteiger partial charge in [-0.2, -0.15) is 0 Å². The predicted molar refractivity (Wildman–Crippen MR) is 86.2 cm³/mol. The zero-order chi connectivity index (χ0) is 14.3. The number of esters is 1. The van der Waals surface area contributed by atoms with Crippen molar-refractivity contribution in [2.45, 2.75) is 31.2 Å². The number of ether oxygens (including phenoxy) is 1. The van der Waals surface area contributed by atoms with E-state index in [1.807, 2.05) is 0 Å². The molecule has 2 aliphatic carbocycles. The molecule has 4 heteroatoms. The third-order valence-corrected chi connectivity index (χ3v) is 5.85. The van der Waals surface area contributed by atoms with E-state index >= 15 is 0 Å². The number of fused-ring (bicyclic) bond motifs is 2. The lowest BCUT2D eigenvalue weighted by Crippen LogP contribution is -2.46. The van der Waals surface area contributed by atoms with Crippen LogP contribution in [0.3, 0.4) is 0 Å². The van der Waals surface area contributed by atoms with E-state index in [-0.39, 0.29) is 29.8 Å². The van der Waals surface area contributed by atoms with Crippen LogP contribution in [0.5, 0.6) is 0 Å². The summed E-state index contributed by atoms with van der Waals surface area (Å²) in [4.78, 5) is 12.3. The maximum atomic E-state index is 12.3. The first-order valence-corrected chi connectivity index (χ1v) is 8.28. The summed E-state index contributed by atoms with van der Waals surface area (Å²) in [7, 11) is 1.49. The number of benzene rings is 1. The minimum Gasteiger partial charge on any atom is -0.469 e. The van der Waals surface area contributed by atoms with Crippen molar-refractivity contribution in [2.24, 2.45) is 23.5 Å². The molecule has 0 saturated heterocycles. The smallest absolute Gasteiger partial charge is 0.309 e. The first-order valence-electron chi connectivity index (χ1n) is 7.20. The number of carbonyl (C=O) groups excluding carboxylic acids is 1. The van der Waals surface area contributed by atoms with E-state index in [0.717, 1.165) is 19.3 Å². The molecule has 3 rings (SSSR count). The summed E-state index contributed by atoms with van der Waals surface area (Å²) in [6, 6.07) is 8.69. The molecule has 2 aliphatic rings. The molecule has 1 aromatic carbocycles. The van der Waals surface area contributed by atoms with Gasteiger partial charge in [-0.1, -0.05) is 12.1 Å². The highest BCUT2D eigenvalue weighted by Gasteiger charge is 2.50. The summed E-state index contributed by atoms with van der Waals surface area (Å²) in [6.07, 6.45) is 3.23. The fourth-order valence-electron chi connectivity index (χ4n) is 4.13. The second-order valence-corrected chi connectivity index (χ2v) is 7.27. The Morgan fingerprint density at radius 2 is 2.00 bits per heavy atom. The summed E-state index contributed by atoms with van der Waals surface area (Å²) < 4.78 is 6.29. The molecule has 2 N–H and O–H groups in total. The number of methoxy groups -OCH3 is 1. The monoisotopic (exact) mass is 385 g/mol. The fourth-order valence-corrected chi connectivity index (χ4v) is 4.49. The molecule has 0 spiro atoms. The molecule has 20 heavy (non-hydrogen) atoms. The average molecular weight is 385 g/mol. The van der Waals surface area contributed by atoms with Crippen LogP contribution in [0.4, 0.5) is 0 Å². The first-order chi connectivity index (χ1) is 9.61. The minimum absolute atomic E-state index is 0.0752. The third kappa shape index (κ3) is 2.37. The number of rotatable bonds is 2. The van der Waals surface area contributed by atoms with Crippen LogP contribution in [0.15, 0.2) is 24.3 Å². The fraction of sp³-hybridized carbons (Fsp3) is 0.562. The molecular weight excluding hydrogens is 365 g/mol. The van der Waals surface area contributed by atoms with E-state index in [2.05, 4.69) is 46.9 Å². The normalized spacial score (nSPS) is 35.9. The zero-order valence-electron chi connectivity index (χ0n) is 11.6. The Bertz CT molecular complexity index is 502. The summed E-state index contributed by atoms with van der Waals surface area (Å²) in [6.45, 7) is 0. The highest BCUT2D eigenvalue weighted by Crippen LogP contribution is 2.51. The predicted octanol–water partition coefficient (Wildman–Crippen LogP) is 2.92. The van der Waals surface area contributed by atoms with Crippen LogP contribution in [-0.4, -0.2) is 19.1 Å². The quantitative estimate of drug-likeness (QED) is 0.629. The Balaban J connectivity index is 1.95. The molecule has 2 saturated carbocycles. The van der Waals surface area contributed by atoms with Crippen LogP contribution < -0.4 is 5.73 Å². The van der Waals surface area contributed by atoms with Crippen molar-refractivity contribution in [3.05, 3.63) is 33.4 Å². The van der Waals surface area contributed by atoms with E-state index in [4.69, 9.17) is 10.5 Å². The molecule has 2 fully saturated rings. The summed E-state index contributed by atoms with van der Waals surface area (Å²) in [5.41, 5.74) is 7.58. The van der Waals surface area contributed by atoms with Crippen molar-refractivity contribution in [1.82, 2.24) is 0 Å². The summed E-state index contributed by atoms with van der Waals surface area (Å²) in [5.74, 6) is 0.940. The Morgan fingerprint density at radius 3 is 2.65 bits per heavy atom. The lowest BCUT2D eigenvalue weighted by atomic mass is 9.67. The molecule has 3 nitrogen and oxygen atoms in total. The molecular formula is C16H20INO2. The topological polar surface area (TPSA) is 52.3 Å². The molecule has 5 atom stereocenters.